The second kappa shape index (κ2) is 6.51. The van der Waals surface area contributed by atoms with Gasteiger partial charge in [0, 0.05) is 12.6 Å². The molecule has 1 rings (SSSR count). The van der Waals surface area contributed by atoms with Crippen LogP contribution in [0.3, 0.4) is 0 Å². The SMILES string of the molecule is CC(CC(C)(N)C#N)N1CCC(CN(C)C)CC1. The fourth-order valence-electron chi connectivity index (χ4n) is 2.88. The van der Waals surface area contributed by atoms with Crippen LogP contribution in [0.25, 0.3) is 0 Å². The van der Waals surface area contributed by atoms with Crippen LogP contribution in [0.15, 0.2) is 0 Å². The van der Waals surface area contributed by atoms with E-state index in [0.29, 0.717) is 6.04 Å². The van der Waals surface area contributed by atoms with E-state index in [9.17, 15) is 0 Å². The summed E-state index contributed by atoms with van der Waals surface area (Å²) in [6.45, 7) is 7.48. The third-order valence-corrected chi connectivity index (χ3v) is 3.87. The number of hydrogen-bond acceptors (Lipinski definition) is 4. The minimum absolute atomic E-state index is 0.403. The number of hydrogen-bond donors (Lipinski definition) is 1. The Morgan fingerprint density at radius 3 is 2.44 bits per heavy atom. The van der Waals surface area contributed by atoms with Crippen LogP contribution >= 0.6 is 0 Å². The molecule has 4 nitrogen and oxygen atoms in total. The standard InChI is InChI=1S/C14H28N4/c1-12(9-14(2,16)11-15)18-7-5-13(6-8-18)10-17(3)4/h12-13H,5-10,16H2,1-4H3. The van der Waals surface area contributed by atoms with Gasteiger partial charge >= 0.3 is 0 Å². The molecule has 2 atom stereocenters. The van der Waals surface area contributed by atoms with Gasteiger partial charge in [0.1, 0.15) is 5.54 Å². The molecule has 2 unspecified atom stereocenters. The Hall–Kier alpha value is -0.630. The highest BCUT2D eigenvalue weighted by molar-refractivity contribution is 5.03. The van der Waals surface area contributed by atoms with Gasteiger partial charge in [0.05, 0.1) is 6.07 Å². The second-order valence-corrected chi connectivity index (χ2v) is 6.32. The van der Waals surface area contributed by atoms with Gasteiger partial charge in [0.2, 0.25) is 0 Å². The number of piperidine rings is 1. The van der Waals surface area contributed by atoms with Crippen molar-refractivity contribution in [3.05, 3.63) is 0 Å². The lowest BCUT2D eigenvalue weighted by Gasteiger charge is -2.38. The van der Waals surface area contributed by atoms with Crippen LogP contribution in [0, 0.1) is 17.2 Å². The predicted octanol–water partition coefficient (Wildman–Crippen LogP) is 1.28. The number of rotatable bonds is 5. The molecule has 104 valence electrons. The first-order valence-electron chi connectivity index (χ1n) is 6.93. The fraction of sp³-hybridized carbons (Fsp3) is 0.929. The lowest BCUT2D eigenvalue weighted by atomic mass is 9.91. The van der Waals surface area contributed by atoms with Crippen molar-refractivity contribution in [1.82, 2.24) is 9.80 Å². The van der Waals surface area contributed by atoms with Crippen molar-refractivity contribution in [2.75, 3.05) is 33.7 Å². The molecule has 0 aromatic carbocycles. The van der Waals surface area contributed by atoms with Gasteiger partial charge in [-0.2, -0.15) is 5.26 Å². The third kappa shape index (κ3) is 4.93. The predicted molar refractivity (Wildman–Crippen MR) is 75.1 cm³/mol. The zero-order chi connectivity index (χ0) is 13.8. The van der Waals surface area contributed by atoms with Gasteiger partial charge in [-0.3, -0.25) is 0 Å². The Morgan fingerprint density at radius 1 is 1.44 bits per heavy atom. The van der Waals surface area contributed by atoms with Crippen LogP contribution < -0.4 is 5.73 Å². The van der Waals surface area contributed by atoms with Crippen LogP contribution in [0.4, 0.5) is 0 Å². The average Bonchev–Trinajstić information content (AvgIpc) is 2.28. The Labute approximate surface area is 112 Å². The lowest BCUT2D eigenvalue weighted by Crippen LogP contribution is -2.47. The van der Waals surface area contributed by atoms with Gasteiger partial charge in [-0.15, -0.1) is 0 Å². The van der Waals surface area contributed by atoms with Gasteiger partial charge in [0.15, 0.2) is 0 Å². The molecule has 0 saturated carbocycles. The molecular weight excluding hydrogens is 224 g/mol. The molecule has 1 aliphatic rings. The van der Waals surface area contributed by atoms with Crippen LogP contribution in [0.1, 0.15) is 33.1 Å². The van der Waals surface area contributed by atoms with Crippen LogP contribution in [0.2, 0.25) is 0 Å². The summed E-state index contributed by atoms with van der Waals surface area (Å²) in [5, 5.41) is 8.98. The third-order valence-electron chi connectivity index (χ3n) is 3.87. The van der Waals surface area contributed by atoms with E-state index in [1.165, 1.54) is 19.4 Å². The quantitative estimate of drug-likeness (QED) is 0.801. The minimum atomic E-state index is -0.695. The van der Waals surface area contributed by atoms with Gasteiger partial charge in [-0.1, -0.05) is 0 Å². The smallest absolute Gasteiger partial charge is 0.102 e. The van der Waals surface area contributed by atoms with Crippen molar-refractivity contribution in [3.63, 3.8) is 0 Å². The summed E-state index contributed by atoms with van der Waals surface area (Å²) in [5.74, 6) is 0.823. The van der Waals surface area contributed by atoms with Gasteiger partial charge < -0.3 is 15.5 Å². The topological polar surface area (TPSA) is 56.3 Å². The molecule has 0 aromatic rings. The molecule has 4 heteroatoms. The van der Waals surface area contributed by atoms with Crippen molar-refractivity contribution in [2.24, 2.45) is 11.7 Å². The molecule has 1 aliphatic heterocycles. The second-order valence-electron chi connectivity index (χ2n) is 6.32. The number of nitrogens with zero attached hydrogens (tertiary/aromatic N) is 3. The van der Waals surface area contributed by atoms with Crippen molar-refractivity contribution >= 4 is 0 Å². The summed E-state index contributed by atoms with van der Waals surface area (Å²) >= 11 is 0. The lowest BCUT2D eigenvalue weighted by molar-refractivity contribution is 0.115. The summed E-state index contributed by atoms with van der Waals surface area (Å²) in [4.78, 5) is 4.75. The zero-order valence-corrected chi connectivity index (χ0v) is 12.3. The maximum absolute atomic E-state index is 8.98. The summed E-state index contributed by atoms with van der Waals surface area (Å²) in [6, 6.07) is 2.59. The fourth-order valence-corrected chi connectivity index (χ4v) is 2.88. The molecule has 0 aromatic heterocycles. The molecule has 1 heterocycles. The Kier molecular flexibility index (Phi) is 5.58. The molecule has 1 fully saturated rings. The van der Waals surface area contributed by atoms with Crippen LogP contribution in [-0.4, -0.2) is 55.1 Å². The first kappa shape index (κ1) is 15.4. The largest absolute Gasteiger partial charge is 0.314 e. The summed E-state index contributed by atoms with van der Waals surface area (Å²) in [7, 11) is 4.28. The highest BCUT2D eigenvalue weighted by Crippen LogP contribution is 2.22. The summed E-state index contributed by atoms with van der Waals surface area (Å²) < 4.78 is 0. The molecule has 18 heavy (non-hydrogen) atoms. The Morgan fingerprint density at radius 2 is 2.00 bits per heavy atom. The molecule has 0 bridgehead atoms. The highest BCUT2D eigenvalue weighted by atomic mass is 15.2. The number of likely N-dealkylation sites (tertiary alicyclic amines) is 1. The molecule has 0 spiro atoms. The van der Waals surface area contributed by atoms with E-state index in [1.54, 1.807) is 0 Å². The normalized spacial score (nSPS) is 23.6. The maximum Gasteiger partial charge on any atom is 0.102 e. The van der Waals surface area contributed by atoms with E-state index in [-0.39, 0.29) is 0 Å². The molecular formula is C14H28N4. The highest BCUT2D eigenvalue weighted by Gasteiger charge is 2.27. The van der Waals surface area contributed by atoms with E-state index >= 15 is 0 Å². The van der Waals surface area contributed by atoms with E-state index in [0.717, 1.165) is 25.4 Å². The van der Waals surface area contributed by atoms with Crippen LogP contribution in [-0.2, 0) is 0 Å². The van der Waals surface area contributed by atoms with E-state index in [4.69, 9.17) is 11.0 Å². The van der Waals surface area contributed by atoms with Gasteiger partial charge in [-0.25, -0.2) is 0 Å². The first-order chi connectivity index (χ1) is 8.34. The number of nitrogens with two attached hydrogens (primary N) is 1. The summed E-state index contributed by atoms with van der Waals surface area (Å²) in [6.07, 6.45) is 3.27. The van der Waals surface area contributed by atoms with E-state index in [1.807, 2.05) is 6.92 Å². The van der Waals surface area contributed by atoms with Crippen molar-refractivity contribution in [3.8, 4) is 6.07 Å². The van der Waals surface area contributed by atoms with E-state index < -0.39 is 5.54 Å². The maximum atomic E-state index is 8.98. The molecule has 2 N–H and O–H groups in total. The van der Waals surface area contributed by atoms with Gasteiger partial charge in [-0.05, 0) is 66.2 Å². The average molecular weight is 252 g/mol. The number of nitriles is 1. The van der Waals surface area contributed by atoms with E-state index in [2.05, 4.69) is 36.9 Å². The molecule has 0 amide bonds. The Balaban J connectivity index is 2.36. The zero-order valence-electron chi connectivity index (χ0n) is 12.3. The Bertz CT molecular complexity index is 285. The minimum Gasteiger partial charge on any atom is -0.314 e. The van der Waals surface area contributed by atoms with Crippen LogP contribution in [0.5, 0.6) is 0 Å². The van der Waals surface area contributed by atoms with Crippen molar-refractivity contribution < 1.29 is 0 Å². The van der Waals surface area contributed by atoms with Gasteiger partial charge in [0.25, 0.3) is 0 Å². The molecule has 1 saturated heterocycles. The first-order valence-corrected chi connectivity index (χ1v) is 6.93. The van der Waals surface area contributed by atoms with Crippen molar-refractivity contribution in [2.45, 2.75) is 44.7 Å². The van der Waals surface area contributed by atoms with Crippen molar-refractivity contribution in [1.29, 1.82) is 5.26 Å². The monoisotopic (exact) mass is 252 g/mol. The summed E-state index contributed by atoms with van der Waals surface area (Å²) in [5.41, 5.74) is 5.23. The molecule has 0 aliphatic carbocycles. The molecule has 0 radical (unpaired) electrons.